The first-order valence-electron chi connectivity index (χ1n) is 8.25. The van der Waals surface area contributed by atoms with E-state index in [1.807, 2.05) is 61.2 Å². The predicted molar refractivity (Wildman–Crippen MR) is 95.9 cm³/mol. The maximum atomic E-state index is 12.6. The third-order valence-electron chi connectivity index (χ3n) is 4.53. The smallest absolute Gasteiger partial charge is 0.253 e. The Hall–Kier alpha value is -2.62. The summed E-state index contributed by atoms with van der Waals surface area (Å²) in [5.74, 6) is 0.103. The normalized spacial score (nSPS) is 14.6. The fraction of sp³-hybridized carbons (Fsp3) is 0.300. The molecule has 4 heteroatoms. The number of amides is 1. The van der Waals surface area contributed by atoms with E-state index in [0.717, 1.165) is 41.8 Å². The largest absolute Gasteiger partial charge is 0.368 e. The molecule has 2 aromatic rings. The monoisotopic (exact) mass is 322 g/mol. The first-order valence-corrected chi connectivity index (χ1v) is 8.25. The van der Waals surface area contributed by atoms with Crippen LogP contribution in [0.25, 0.3) is 0 Å². The Bertz CT molecular complexity index is 762. The minimum absolute atomic E-state index is 0.103. The standard InChI is InChI=1S/C20H22N2O2/c1-15-4-3-5-18(12-15)20(24)22-10-8-21(9-11-22)19-7-6-17(14-23)13-16(19)2/h3-7,12-14H,8-11H2,1-2H3. The van der Waals surface area contributed by atoms with Crippen LogP contribution in [-0.4, -0.2) is 43.3 Å². The molecule has 1 aliphatic rings. The molecular formula is C20H22N2O2. The highest BCUT2D eigenvalue weighted by atomic mass is 16.2. The lowest BCUT2D eigenvalue weighted by molar-refractivity contribution is 0.0746. The van der Waals surface area contributed by atoms with Crippen LogP contribution >= 0.6 is 0 Å². The Morgan fingerprint density at radius 1 is 1.00 bits per heavy atom. The summed E-state index contributed by atoms with van der Waals surface area (Å²) in [4.78, 5) is 27.7. The van der Waals surface area contributed by atoms with Gasteiger partial charge in [-0.15, -0.1) is 0 Å². The number of aldehydes is 1. The van der Waals surface area contributed by atoms with E-state index in [1.54, 1.807) is 0 Å². The van der Waals surface area contributed by atoms with Crippen molar-refractivity contribution in [1.82, 2.24) is 4.90 Å². The van der Waals surface area contributed by atoms with Gasteiger partial charge in [-0.2, -0.15) is 0 Å². The van der Waals surface area contributed by atoms with Crippen LogP contribution in [0, 0.1) is 13.8 Å². The lowest BCUT2D eigenvalue weighted by Crippen LogP contribution is -2.49. The van der Waals surface area contributed by atoms with Gasteiger partial charge in [0.25, 0.3) is 5.91 Å². The van der Waals surface area contributed by atoms with Crippen molar-refractivity contribution in [3.05, 3.63) is 64.7 Å². The molecule has 1 aliphatic heterocycles. The first kappa shape index (κ1) is 16.2. The number of carbonyl (C=O) groups is 2. The average molecular weight is 322 g/mol. The molecule has 0 aromatic heterocycles. The molecule has 0 unspecified atom stereocenters. The first-order chi connectivity index (χ1) is 11.6. The van der Waals surface area contributed by atoms with Crippen molar-refractivity contribution in [2.75, 3.05) is 31.1 Å². The van der Waals surface area contributed by atoms with E-state index in [2.05, 4.69) is 4.90 Å². The molecule has 0 saturated carbocycles. The Balaban J connectivity index is 1.67. The Morgan fingerprint density at radius 2 is 1.75 bits per heavy atom. The number of aryl methyl sites for hydroxylation is 2. The summed E-state index contributed by atoms with van der Waals surface area (Å²) in [5.41, 5.74) is 4.80. The average Bonchev–Trinajstić information content (AvgIpc) is 2.61. The fourth-order valence-corrected chi connectivity index (χ4v) is 3.22. The number of carbonyl (C=O) groups excluding carboxylic acids is 2. The maximum Gasteiger partial charge on any atom is 0.253 e. The molecule has 24 heavy (non-hydrogen) atoms. The molecule has 1 fully saturated rings. The second kappa shape index (κ2) is 6.87. The van der Waals surface area contributed by atoms with Crippen molar-refractivity contribution in [2.24, 2.45) is 0 Å². The Morgan fingerprint density at radius 3 is 2.38 bits per heavy atom. The number of piperazine rings is 1. The third kappa shape index (κ3) is 3.32. The minimum atomic E-state index is 0.103. The van der Waals surface area contributed by atoms with E-state index < -0.39 is 0 Å². The molecule has 1 amide bonds. The predicted octanol–water partition coefficient (Wildman–Crippen LogP) is 3.08. The van der Waals surface area contributed by atoms with Gasteiger partial charge in [-0.05, 0) is 49.7 Å². The van der Waals surface area contributed by atoms with Crippen molar-refractivity contribution in [3.63, 3.8) is 0 Å². The number of nitrogens with zero attached hydrogens (tertiary/aromatic N) is 2. The number of benzene rings is 2. The molecule has 0 radical (unpaired) electrons. The molecule has 0 spiro atoms. The molecule has 4 nitrogen and oxygen atoms in total. The van der Waals surface area contributed by atoms with E-state index >= 15 is 0 Å². The summed E-state index contributed by atoms with van der Waals surface area (Å²) in [6, 6.07) is 13.5. The van der Waals surface area contributed by atoms with Crippen LogP contribution in [0.1, 0.15) is 31.8 Å². The van der Waals surface area contributed by atoms with Gasteiger partial charge < -0.3 is 9.80 Å². The van der Waals surface area contributed by atoms with Crippen LogP contribution in [0.5, 0.6) is 0 Å². The van der Waals surface area contributed by atoms with E-state index in [-0.39, 0.29) is 5.91 Å². The van der Waals surface area contributed by atoms with Crippen molar-refractivity contribution in [2.45, 2.75) is 13.8 Å². The molecule has 2 aromatic carbocycles. The summed E-state index contributed by atoms with van der Waals surface area (Å²) < 4.78 is 0. The molecule has 0 bridgehead atoms. The second-order valence-electron chi connectivity index (χ2n) is 6.31. The Kier molecular flexibility index (Phi) is 4.65. The zero-order valence-electron chi connectivity index (χ0n) is 14.2. The van der Waals surface area contributed by atoms with E-state index in [0.29, 0.717) is 18.7 Å². The van der Waals surface area contributed by atoms with Crippen molar-refractivity contribution in [3.8, 4) is 0 Å². The maximum absolute atomic E-state index is 12.6. The van der Waals surface area contributed by atoms with Crippen LogP contribution in [0.4, 0.5) is 5.69 Å². The number of hydrogen-bond donors (Lipinski definition) is 0. The minimum Gasteiger partial charge on any atom is -0.368 e. The van der Waals surface area contributed by atoms with Crippen LogP contribution in [0.3, 0.4) is 0 Å². The lowest BCUT2D eigenvalue weighted by atomic mass is 10.1. The van der Waals surface area contributed by atoms with Crippen LogP contribution in [0.2, 0.25) is 0 Å². The van der Waals surface area contributed by atoms with E-state index in [4.69, 9.17) is 0 Å². The highest BCUT2D eigenvalue weighted by molar-refractivity contribution is 5.94. The summed E-state index contributed by atoms with van der Waals surface area (Å²) in [6.07, 6.45) is 0.870. The summed E-state index contributed by atoms with van der Waals surface area (Å²) >= 11 is 0. The number of anilines is 1. The van der Waals surface area contributed by atoms with Gasteiger partial charge in [0.15, 0.2) is 0 Å². The molecular weight excluding hydrogens is 300 g/mol. The van der Waals surface area contributed by atoms with Crippen molar-refractivity contribution >= 4 is 17.9 Å². The summed E-state index contributed by atoms with van der Waals surface area (Å²) in [6.45, 7) is 7.05. The quantitative estimate of drug-likeness (QED) is 0.816. The molecule has 3 rings (SSSR count). The van der Waals surface area contributed by atoms with Gasteiger partial charge in [0, 0.05) is 43.0 Å². The van der Waals surface area contributed by atoms with Gasteiger partial charge in [-0.3, -0.25) is 9.59 Å². The number of hydrogen-bond acceptors (Lipinski definition) is 3. The fourth-order valence-electron chi connectivity index (χ4n) is 3.22. The summed E-state index contributed by atoms with van der Waals surface area (Å²) in [7, 11) is 0. The van der Waals surface area contributed by atoms with Gasteiger partial charge in [0.1, 0.15) is 6.29 Å². The van der Waals surface area contributed by atoms with E-state index in [1.165, 1.54) is 0 Å². The number of rotatable bonds is 3. The molecule has 124 valence electrons. The third-order valence-corrected chi connectivity index (χ3v) is 4.53. The van der Waals surface area contributed by atoms with E-state index in [9.17, 15) is 9.59 Å². The molecule has 1 heterocycles. The zero-order chi connectivity index (χ0) is 17.1. The highest BCUT2D eigenvalue weighted by Gasteiger charge is 2.23. The lowest BCUT2D eigenvalue weighted by Gasteiger charge is -2.37. The highest BCUT2D eigenvalue weighted by Crippen LogP contribution is 2.22. The second-order valence-corrected chi connectivity index (χ2v) is 6.31. The van der Waals surface area contributed by atoms with Gasteiger partial charge in [0.2, 0.25) is 0 Å². The van der Waals surface area contributed by atoms with Crippen molar-refractivity contribution < 1.29 is 9.59 Å². The topological polar surface area (TPSA) is 40.6 Å². The molecule has 0 aliphatic carbocycles. The van der Waals surface area contributed by atoms with Crippen LogP contribution < -0.4 is 4.90 Å². The van der Waals surface area contributed by atoms with Gasteiger partial charge >= 0.3 is 0 Å². The zero-order valence-corrected chi connectivity index (χ0v) is 14.2. The molecule has 1 saturated heterocycles. The molecule has 0 atom stereocenters. The van der Waals surface area contributed by atoms with Crippen molar-refractivity contribution in [1.29, 1.82) is 0 Å². The van der Waals surface area contributed by atoms with Crippen LogP contribution in [0.15, 0.2) is 42.5 Å². The van der Waals surface area contributed by atoms with Gasteiger partial charge in [-0.1, -0.05) is 17.7 Å². The Labute approximate surface area is 142 Å². The molecule has 0 N–H and O–H groups in total. The van der Waals surface area contributed by atoms with Gasteiger partial charge in [0.05, 0.1) is 0 Å². The van der Waals surface area contributed by atoms with Gasteiger partial charge in [-0.25, -0.2) is 0 Å². The summed E-state index contributed by atoms with van der Waals surface area (Å²) in [5, 5.41) is 0. The SMILES string of the molecule is Cc1cccc(C(=O)N2CCN(c3ccc(C=O)cc3C)CC2)c1. The van der Waals surface area contributed by atoms with Crippen LogP contribution in [-0.2, 0) is 0 Å².